The molecule has 4 rings (SSSR count). The molecular weight excluding hydrogens is 358 g/mol. The maximum atomic E-state index is 12.7. The van der Waals surface area contributed by atoms with E-state index in [0.717, 1.165) is 31.5 Å². The fourth-order valence-electron chi connectivity index (χ4n) is 4.24. The lowest BCUT2D eigenvalue weighted by atomic mass is 9.94. The van der Waals surface area contributed by atoms with Crippen molar-refractivity contribution in [3.8, 4) is 0 Å². The molecule has 7 nitrogen and oxygen atoms in total. The Bertz CT molecular complexity index is 731. The topological polar surface area (TPSA) is 86.5 Å². The highest BCUT2D eigenvalue weighted by Crippen LogP contribution is 2.31. The molecule has 1 aromatic carbocycles. The van der Waals surface area contributed by atoms with E-state index >= 15 is 0 Å². The van der Waals surface area contributed by atoms with Gasteiger partial charge in [-0.1, -0.05) is 17.7 Å². The van der Waals surface area contributed by atoms with Crippen LogP contribution in [0.15, 0.2) is 29.2 Å². The van der Waals surface area contributed by atoms with Gasteiger partial charge in [-0.3, -0.25) is 4.18 Å². The summed E-state index contributed by atoms with van der Waals surface area (Å²) in [6.07, 6.45) is 0.319. The van der Waals surface area contributed by atoms with Crippen LogP contribution in [0.5, 0.6) is 0 Å². The van der Waals surface area contributed by atoms with E-state index in [2.05, 4.69) is 0 Å². The minimum atomic E-state index is -4.02. The smallest absolute Gasteiger partial charge is 0.297 e. The van der Waals surface area contributed by atoms with E-state index in [1.54, 1.807) is 12.1 Å². The highest BCUT2D eigenvalue weighted by atomic mass is 32.2. The zero-order valence-corrected chi connectivity index (χ0v) is 15.7. The first-order valence-corrected chi connectivity index (χ1v) is 10.7. The first-order valence-electron chi connectivity index (χ1n) is 9.25. The second kappa shape index (κ2) is 7.18. The molecule has 0 amide bonds. The zero-order valence-electron chi connectivity index (χ0n) is 14.8. The number of benzene rings is 1. The van der Waals surface area contributed by atoms with E-state index in [1.807, 2.05) is 6.92 Å². The monoisotopic (exact) mass is 384 g/mol. The van der Waals surface area contributed by atoms with E-state index in [9.17, 15) is 13.5 Å². The second-order valence-corrected chi connectivity index (χ2v) is 9.01. The Morgan fingerprint density at radius 2 is 1.85 bits per heavy atom. The summed E-state index contributed by atoms with van der Waals surface area (Å²) in [6, 6.07) is 6.21. The highest BCUT2D eigenvalue weighted by molar-refractivity contribution is 7.86. The molecule has 0 aliphatic carbocycles. The van der Waals surface area contributed by atoms with Crippen LogP contribution in [0.1, 0.15) is 24.8 Å². The highest BCUT2D eigenvalue weighted by Gasteiger charge is 2.56. The third-order valence-electron chi connectivity index (χ3n) is 5.62. The number of nitrogens with one attached hydrogen (secondary N) is 1. The van der Waals surface area contributed by atoms with Crippen LogP contribution in [0.25, 0.3) is 0 Å². The van der Waals surface area contributed by atoms with Crippen molar-refractivity contribution in [3.63, 3.8) is 0 Å². The van der Waals surface area contributed by atoms with Gasteiger partial charge in [-0.2, -0.15) is 8.42 Å². The molecule has 26 heavy (non-hydrogen) atoms. The predicted octanol–water partition coefficient (Wildman–Crippen LogP) is -0.378. The number of quaternary nitrogens is 1. The summed E-state index contributed by atoms with van der Waals surface area (Å²) in [5, 5.41) is 10.9. The third kappa shape index (κ3) is 3.42. The number of aliphatic hydroxyl groups is 1. The fraction of sp³-hybridized carbons (Fsp3) is 0.667. The molecule has 8 heteroatoms. The maximum Gasteiger partial charge on any atom is 0.297 e. The van der Waals surface area contributed by atoms with Crippen LogP contribution in [-0.2, 0) is 23.8 Å². The number of fused-ring (bicyclic) bond motifs is 2. The molecular formula is C18H26NO6S+. The molecule has 5 atom stereocenters. The van der Waals surface area contributed by atoms with Gasteiger partial charge in [-0.05, 0) is 38.3 Å². The first kappa shape index (κ1) is 18.3. The van der Waals surface area contributed by atoms with Crippen LogP contribution in [0.2, 0.25) is 0 Å². The lowest BCUT2D eigenvalue weighted by Gasteiger charge is -2.41. The van der Waals surface area contributed by atoms with Crippen molar-refractivity contribution in [1.82, 2.24) is 0 Å². The average molecular weight is 384 g/mol. The van der Waals surface area contributed by atoms with Crippen LogP contribution >= 0.6 is 0 Å². The van der Waals surface area contributed by atoms with E-state index in [-0.39, 0.29) is 17.0 Å². The zero-order chi connectivity index (χ0) is 18.3. The van der Waals surface area contributed by atoms with E-state index in [4.69, 9.17) is 13.7 Å². The summed E-state index contributed by atoms with van der Waals surface area (Å²) in [5.41, 5.74) is 0.959. The van der Waals surface area contributed by atoms with Gasteiger partial charge in [0.1, 0.15) is 18.2 Å². The molecule has 0 aromatic heterocycles. The molecule has 3 aliphatic rings. The molecule has 0 spiro atoms. The van der Waals surface area contributed by atoms with Crippen molar-refractivity contribution in [3.05, 3.63) is 29.8 Å². The summed E-state index contributed by atoms with van der Waals surface area (Å²) < 4.78 is 42.2. The van der Waals surface area contributed by atoms with Crippen molar-refractivity contribution >= 4 is 10.1 Å². The minimum absolute atomic E-state index is 0.0669. The van der Waals surface area contributed by atoms with Gasteiger partial charge in [0.2, 0.25) is 0 Å². The summed E-state index contributed by atoms with van der Waals surface area (Å²) >= 11 is 0. The van der Waals surface area contributed by atoms with Gasteiger partial charge >= 0.3 is 0 Å². The molecule has 0 radical (unpaired) electrons. The number of hydrogen-bond donors (Lipinski definition) is 2. The summed E-state index contributed by atoms with van der Waals surface area (Å²) in [6.45, 7) is 4.14. The van der Waals surface area contributed by atoms with Gasteiger partial charge in [0.25, 0.3) is 10.1 Å². The van der Waals surface area contributed by atoms with Crippen LogP contribution in [-0.4, -0.2) is 63.9 Å². The summed E-state index contributed by atoms with van der Waals surface area (Å²) in [7, 11) is -4.02. The summed E-state index contributed by atoms with van der Waals surface area (Å²) in [4.78, 5) is 1.32. The molecule has 2 bridgehead atoms. The number of rotatable bonds is 4. The van der Waals surface area contributed by atoms with Crippen LogP contribution < -0.4 is 4.90 Å². The van der Waals surface area contributed by atoms with Crippen molar-refractivity contribution in [2.75, 3.05) is 19.7 Å². The molecule has 1 aromatic rings. The lowest BCUT2D eigenvalue weighted by Crippen LogP contribution is -3.19. The number of piperidine rings is 1. The number of hydrogen-bond acceptors (Lipinski definition) is 6. The Balaban J connectivity index is 1.56. The van der Waals surface area contributed by atoms with Crippen LogP contribution in [0.4, 0.5) is 0 Å². The maximum absolute atomic E-state index is 12.7. The molecule has 144 valence electrons. The van der Waals surface area contributed by atoms with Gasteiger partial charge in [0, 0.05) is 0 Å². The van der Waals surface area contributed by atoms with E-state index < -0.39 is 28.6 Å². The Morgan fingerprint density at radius 3 is 2.54 bits per heavy atom. The largest absolute Gasteiger partial charge is 0.384 e. The molecule has 3 fully saturated rings. The van der Waals surface area contributed by atoms with Crippen molar-refractivity contribution in [1.29, 1.82) is 0 Å². The minimum Gasteiger partial charge on any atom is -0.384 e. The van der Waals surface area contributed by atoms with Gasteiger partial charge < -0.3 is 19.5 Å². The van der Waals surface area contributed by atoms with Gasteiger partial charge in [-0.15, -0.1) is 0 Å². The third-order valence-corrected chi connectivity index (χ3v) is 6.95. The van der Waals surface area contributed by atoms with Gasteiger partial charge in [0.15, 0.2) is 12.4 Å². The van der Waals surface area contributed by atoms with Crippen LogP contribution in [0, 0.1) is 6.92 Å². The molecule has 3 saturated heterocycles. The number of ether oxygens (including phenoxy) is 2. The van der Waals surface area contributed by atoms with E-state index in [1.165, 1.54) is 23.5 Å². The normalized spacial score (nSPS) is 35.5. The van der Waals surface area contributed by atoms with Gasteiger partial charge in [-0.25, -0.2) is 0 Å². The lowest BCUT2D eigenvalue weighted by molar-refractivity contribution is -0.938. The Labute approximate surface area is 154 Å². The molecule has 0 unspecified atom stereocenters. The van der Waals surface area contributed by atoms with Crippen LogP contribution in [0.3, 0.4) is 0 Å². The number of aryl methyl sites for hydroxylation is 1. The summed E-state index contributed by atoms with van der Waals surface area (Å²) in [5.74, 6) is 0. The molecule has 3 aliphatic heterocycles. The SMILES string of the molecule is Cc1ccc(S(=O)(=O)O[C@@H]2[C@@H]3OC[C@@H](O3)[C@@H]([NH+]3CCCCC3)[C@@H]2O)cc1. The Morgan fingerprint density at radius 1 is 1.15 bits per heavy atom. The van der Waals surface area contributed by atoms with Gasteiger partial charge in [0.05, 0.1) is 24.6 Å². The molecule has 3 heterocycles. The second-order valence-electron chi connectivity index (χ2n) is 7.44. The first-order chi connectivity index (χ1) is 12.5. The standard InChI is InChI=1S/C18H25NO6S/c1-12-5-7-13(8-6-12)26(21,22)25-17-16(20)15(14-11-23-18(17)24-14)19-9-3-2-4-10-19/h5-8,14-18,20H,2-4,9-11H2,1H3/p+1/t14-,15-,16+,17+,18-/m1/s1. The Hall–Kier alpha value is -1.03. The van der Waals surface area contributed by atoms with Crippen molar-refractivity contribution in [2.45, 2.75) is 61.7 Å². The Kier molecular flexibility index (Phi) is 5.06. The molecule has 2 N–H and O–H groups in total. The number of likely N-dealkylation sites (tertiary alicyclic amines) is 1. The predicted molar refractivity (Wildman–Crippen MR) is 92.2 cm³/mol. The fourth-order valence-corrected chi connectivity index (χ4v) is 5.32. The average Bonchev–Trinajstić information content (AvgIpc) is 3.06. The number of aliphatic hydroxyl groups excluding tert-OH is 1. The quantitative estimate of drug-likeness (QED) is 0.689. The van der Waals surface area contributed by atoms with Crippen molar-refractivity contribution in [2.24, 2.45) is 0 Å². The van der Waals surface area contributed by atoms with E-state index in [0.29, 0.717) is 6.61 Å². The molecule has 0 saturated carbocycles. The van der Waals surface area contributed by atoms with Crippen molar-refractivity contribution < 1.29 is 32.1 Å².